The lowest BCUT2D eigenvalue weighted by Crippen LogP contribution is -2.42. The second-order valence-corrected chi connectivity index (χ2v) is 5.77. The Hall–Kier alpha value is -2.35. The minimum atomic E-state index is -0.618. The molecule has 1 saturated heterocycles. The number of rotatable bonds is 5. The molecule has 130 valence electrons. The first-order valence-corrected chi connectivity index (χ1v) is 7.72. The number of halogens is 1. The minimum Gasteiger partial charge on any atom is -0.477 e. The number of esters is 1. The number of nitro groups is 1. The number of carbonyl (C=O) groups is 2. The summed E-state index contributed by atoms with van der Waals surface area (Å²) in [5.41, 5.74) is -0.292. The highest BCUT2D eigenvalue weighted by Crippen LogP contribution is 2.30. The molecular formula is C15H17ClN2O6. The molecule has 0 atom stereocenters. The van der Waals surface area contributed by atoms with Gasteiger partial charge in [0.25, 0.3) is 5.91 Å². The Morgan fingerprint density at radius 2 is 2.04 bits per heavy atom. The van der Waals surface area contributed by atoms with Crippen LogP contribution in [0, 0.1) is 16.0 Å². The molecule has 1 heterocycles. The summed E-state index contributed by atoms with van der Waals surface area (Å²) < 4.78 is 9.98. The molecule has 0 unspecified atom stereocenters. The number of hydrogen-bond acceptors (Lipinski definition) is 6. The van der Waals surface area contributed by atoms with E-state index in [1.807, 2.05) is 0 Å². The Morgan fingerprint density at radius 1 is 1.38 bits per heavy atom. The van der Waals surface area contributed by atoms with Crippen LogP contribution in [0.4, 0.5) is 5.69 Å². The minimum absolute atomic E-state index is 0.0119. The first-order chi connectivity index (χ1) is 11.4. The van der Waals surface area contributed by atoms with Crippen LogP contribution in [-0.2, 0) is 14.3 Å². The van der Waals surface area contributed by atoms with E-state index in [1.54, 1.807) is 4.90 Å². The highest BCUT2D eigenvalue weighted by Gasteiger charge is 2.28. The van der Waals surface area contributed by atoms with Gasteiger partial charge in [-0.3, -0.25) is 19.7 Å². The van der Waals surface area contributed by atoms with Crippen molar-refractivity contribution in [1.29, 1.82) is 0 Å². The van der Waals surface area contributed by atoms with Crippen molar-refractivity contribution < 1.29 is 24.0 Å². The van der Waals surface area contributed by atoms with Crippen molar-refractivity contribution in [3.05, 3.63) is 33.3 Å². The van der Waals surface area contributed by atoms with Gasteiger partial charge >= 0.3 is 11.7 Å². The fraction of sp³-hybridized carbons (Fsp3) is 0.467. The highest BCUT2D eigenvalue weighted by molar-refractivity contribution is 6.30. The summed E-state index contributed by atoms with van der Waals surface area (Å²) in [5, 5.41) is 11.2. The van der Waals surface area contributed by atoms with E-state index in [0.29, 0.717) is 25.9 Å². The van der Waals surface area contributed by atoms with E-state index in [0.717, 1.165) is 0 Å². The van der Waals surface area contributed by atoms with Crippen LogP contribution in [0.5, 0.6) is 5.75 Å². The average Bonchev–Trinajstić information content (AvgIpc) is 2.59. The van der Waals surface area contributed by atoms with E-state index < -0.39 is 4.92 Å². The molecule has 0 spiro atoms. The van der Waals surface area contributed by atoms with Gasteiger partial charge < -0.3 is 14.4 Å². The van der Waals surface area contributed by atoms with Crippen LogP contribution in [0.1, 0.15) is 12.8 Å². The predicted octanol–water partition coefficient (Wildman–Crippen LogP) is 2.04. The van der Waals surface area contributed by atoms with Gasteiger partial charge in [-0.05, 0) is 25.0 Å². The van der Waals surface area contributed by atoms with Crippen molar-refractivity contribution in [2.45, 2.75) is 12.8 Å². The molecule has 0 saturated carbocycles. The number of methoxy groups -OCH3 is 1. The molecule has 0 aliphatic carbocycles. The molecular weight excluding hydrogens is 340 g/mol. The second kappa shape index (κ2) is 7.96. The van der Waals surface area contributed by atoms with Gasteiger partial charge in [0.2, 0.25) is 0 Å². The zero-order valence-electron chi connectivity index (χ0n) is 13.1. The van der Waals surface area contributed by atoms with Crippen molar-refractivity contribution in [2.75, 3.05) is 26.8 Å². The van der Waals surface area contributed by atoms with Gasteiger partial charge in [-0.25, -0.2) is 0 Å². The van der Waals surface area contributed by atoms with Gasteiger partial charge in [-0.1, -0.05) is 11.6 Å². The number of hydrogen-bond donors (Lipinski definition) is 0. The van der Waals surface area contributed by atoms with E-state index in [1.165, 1.54) is 25.3 Å². The molecule has 1 aromatic carbocycles. The number of likely N-dealkylation sites (tertiary alicyclic amines) is 1. The molecule has 8 nitrogen and oxygen atoms in total. The Balaban J connectivity index is 1.91. The quantitative estimate of drug-likeness (QED) is 0.455. The average molecular weight is 357 g/mol. The highest BCUT2D eigenvalue weighted by atomic mass is 35.5. The third kappa shape index (κ3) is 4.35. The van der Waals surface area contributed by atoms with Crippen LogP contribution in [0.25, 0.3) is 0 Å². The zero-order valence-corrected chi connectivity index (χ0v) is 13.8. The zero-order chi connectivity index (χ0) is 17.7. The molecule has 1 fully saturated rings. The first kappa shape index (κ1) is 18.0. The number of amides is 1. The van der Waals surface area contributed by atoms with Crippen LogP contribution in [0.15, 0.2) is 18.2 Å². The summed E-state index contributed by atoms with van der Waals surface area (Å²) >= 11 is 5.72. The Bertz CT molecular complexity index is 643. The monoisotopic (exact) mass is 356 g/mol. The number of piperidine rings is 1. The number of benzene rings is 1. The smallest absolute Gasteiger partial charge is 0.312 e. The van der Waals surface area contributed by atoms with Gasteiger partial charge in [-0.15, -0.1) is 0 Å². The van der Waals surface area contributed by atoms with Gasteiger partial charge in [0.1, 0.15) is 0 Å². The predicted molar refractivity (Wildman–Crippen MR) is 84.9 cm³/mol. The molecule has 9 heteroatoms. The maximum atomic E-state index is 12.2. The van der Waals surface area contributed by atoms with E-state index in [-0.39, 0.29) is 40.9 Å². The second-order valence-electron chi connectivity index (χ2n) is 5.34. The van der Waals surface area contributed by atoms with Crippen molar-refractivity contribution in [2.24, 2.45) is 5.92 Å². The summed E-state index contributed by atoms with van der Waals surface area (Å²) in [6, 6.07) is 3.98. The van der Waals surface area contributed by atoms with Crippen LogP contribution < -0.4 is 4.74 Å². The van der Waals surface area contributed by atoms with E-state index in [4.69, 9.17) is 21.1 Å². The van der Waals surface area contributed by atoms with Gasteiger partial charge in [0.05, 0.1) is 18.0 Å². The molecule has 1 amide bonds. The van der Waals surface area contributed by atoms with Gasteiger partial charge in [-0.2, -0.15) is 0 Å². The normalized spacial score (nSPS) is 15.0. The van der Waals surface area contributed by atoms with Gasteiger partial charge in [0, 0.05) is 24.2 Å². The number of carbonyl (C=O) groups excluding carboxylic acids is 2. The van der Waals surface area contributed by atoms with E-state index in [9.17, 15) is 19.7 Å². The Kier molecular flexibility index (Phi) is 5.97. The van der Waals surface area contributed by atoms with Crippen LogP contribution >= 0.6 is 11.6 Å². The van der Waals surface area contributed by atoms with Crippen molar-refractivity contribution in [1.82, 2.24) is 4.90 Å². The number of ether oxygens (including phenoxy) is 2. The SMILES string of the molecule is COC(=O)C1CCN(C(=O)COc2ccc(Cl)cc2[N+](=O)[O-])CC1. The maximum Gasteiger partial charge on any atom is 0.312 e. The van der Waals surface area contributed by atoms with E-state index >= 15 is 0 Å². The van der Waals surface area contributed by atoms with Crippen LogP contribution in [0.2, 0.25) is 5.02 Å². The van der Waals surface area contributed by atoms with Gasteiger partial charge in [0.15, 0.2) is 12.4 Å². The number of nitrogens with zero attached hydrogens (tertiary/aromatic N) is 2. The standard InChI is InChI=1S/C15H17ClN2O6/c1-23-15(20)10-4-6-17(7-5-10)14(19)9-24-13-3-2-11(16)8-12(13)18(21)22/h2-3,8,10H,4-7,9H2,1H3. The van der Waals surface area contributed by atoms with E-state index in [2.05, 4.69) is 0 Å². The summed E-state index contributed by atoms with van der Waals surface area (Å²) in [6.45, 7) is 0.528. The fourth-order valence-electron chi connectivity index (χ4n) is 2.52. The lowest BCUT2D eigenvalue weighted by molar-refractivity contribution is -0.385. The molecule has 1 aromatic rings. The lowest BCUT2D eigenvalue weighted by atomic mass is 9.97. The first-order valence-electron chi connectivity index (χ1n) is 7.34. The Morgan fingerprint density at radius 3 is 2.62 bits per heavy atom. The third-order valence-electron chi connectivity index (χ3n) is 3.85. The molecule has 0 bridgehead atoms. The van der Waals surface area contributed by atoms with Crippen LogP contribution in [0.3, 0.4) is 0 Å². The molecule has 0 aromatic heterocycles. The summed E-state index contributed by atoms with van der Waals surface area (Å²) in [5.74, 6) is -0.766. The van der Waals surface area contributed by atoms with Crippen molar-refractivity contribution in [3.63, 3.8) is 0 Å². The number of nitro benzene ring substituents is 1. The van der Waals surface area contributed by atoms with Crippen molar-refractivity contribution in [3.8, 4) is 5.75 Å². The summed E-state index contributed by atoms with van der Waals surface area (Å²) in [7, 11) is 1.34. The largest absolute Gasteiger partial charge is 0.477 e. The molecule has 1 aliphatic rings. The Labute approximate surface area is 143 Å². The summed E-state index contributed by atoms with van der Waals surface area (Å²) in [4.78, 5) is 35.5. The topological polar surface area (TPSA) is 99.0 Å². The lowest BCUT2D eigenvalue weighted by Gasteiger charge is -2.30. The molecule has 24 heavy (non-hydrogen) atoms. The molecule has 0 N–H and O–H groups in total. The molecule has 1 aliphatic heterocycles. The van der Waals surface area contributed by atoms with Crippen LogP contribution in [-0.4, -0.2) is 48.5 Å². The maximum absolute atomic E-state index is 12.2. The third-order valence-corrected chi connectivity index (χ3v) is 4.09. The molecule has 0 radical (unpaired) electrons. The van der Waals surface area contributed by atoms with Crippen molar-refractivity contribution >= 4 is 29.2 Å². The summed E-state index contributed by atoms with van der Waals surface area (Å²) in [6.07, 6.45) is 1.05. The molecule has 2 rings (SSSR count). The fourth-order valence-corrected chi connectivity index (χ4v) is 2.68.